The molecule has 0 aliphatic heterocycles. The van der Waals surface area contributed by atoms with Gasteiger partial charge in [-0.25, -0.2) is 18.2 Å². The summed E-state index contributed by atoms with van der Waals surface area (Å²) < 4.78 is 40.4. The van der Waals surface area contributed by atoms with Crippen LogP contribution >= 0.6 is 11.8 Å². The quantitative estimate of drug-likeness (QED) is 0.572. The molecular formula is C22H24F3N3O2S. The average molecular weight is 452 g/mol. The highest BCUT2D eigenvalue weighted by molar-refractivity contribution is 7.99. The molecule has 1 saturated carbocycles. The van der Waals surface area contributed by atoms with Crippen LogP contribution in [0.15, 0.2) is 35.5 Å². The minimum atomic E-state index is -1.66. The van der Waals surface area contributed by atoms with E-state index in [-0.39, 0.29) is 12.5 Å². The molecule has 0 radical (unpaired) electrons. The molecule has 1 aromatic carbocycles. The molecule has 1 aliphatic rings. The van der Waals surface area contributed by atoms with Gasteiger partial charge >= 0.3 is 0 Å². The van der Waals surface area contributed by atoms with E-state index in [2.05, 4.69) is 10.3 Å². The van der Waals surface area contributed by atoms with Crippen LogP contribution in [-0.4, -0.2) is 40.0 Å². The number of halogens is 3. The standard InChI is InChI=1S/C22H24F3N3O2S/c1-2-12-28(13-18(29)27-17-10-9-16(23)19(24)20(17)25)22(30)15-8-5-11-26-21(15)31-14-6-3-4-7-14/h5,8-11,14H,2-4,6-7,12-13H2,1H3,(H,27,29). The summed E-state index contributed by atoms with van der Waals surface area (Å²) in [6, 6.07) is 5.02. The summed E-state index contributed by atoms with van der Waals surface area (Å²) in [4.78, 5) is 31.3. The van der Waals surface area contributed by atoms with Gasteiger partial charge in [0.2, 0.25) is 5.91 Å². The van der Waals surface area contributed by atoms with Gasteiger partial charge in [-0.15, -0.1) is 11.8 Å². The number of carbonyl (C=O) groups is 2. The number of aromatic nitrogens is 1. The molecule has 1 fully saturated rings. The molecule has 2 amide bonds. The lowest BCUT2D eigenvalue weighted by Gasteiger charge is -2.23. The maximum atomic E-state index is 13.9. The first kappa shape index (κ1) is 23.1. The number of carbonyl (C=O) groups excluding carboxylic acids is 2. The van der Waals surface area contributed by atoms with Gasteiger partial charge in [-0.1, -0.05) is 19.8 Å². The number of anilines is 1. The summed E-state index contributed by atoms with van der Waals surface area (Å²) in [5.41, 5.74) is -0.0636. The molecule has 0 saturated heterocycles. The third-order valence-corrected chi connectivity index (χ3v) is 6.36. The highest BCUT2D eigenvalue weighted by atomic mass is 32.2. The summed E-state index contributed by atoms with van der Waals surface area (Å²) in [5.74, 6) is -5.55. The normalized spacial score (nSPS) is 13.9. The van der Waals surface area contributed by atoms with E-state index in [1.165, 1.54) is 4.90 Å². The lowest BCUT2D eigenvalue weighted by molar-refractivity contribution is -0.116. The van der Waals surface area contributed by atoms with Gasteiger partial charge in [0, 0.05) is 18.0 Å². The largest absolute Gasteiger partial charge is 0.329 e. The maximum Gasteiger partial charge on any atom is 0.257 e. The SMILES string of the molecule is CCCN(CC(=O)Nc1ccc(F)c(F)c1F)C(=O)c1cccnc1SC1CCCC1. The topological polar surface area (TPSA) is 62.3 Å². The van der Waals surface area contributed by atoms with Crippen LogP contribution in [0.1, 0.15) is 49.4 Å². The van der Waals surface area contributed by atoms with Crippen LogP contribution in [0.3, 0.4) is 0 Å². The van der Waals surface area contributed by atoms with Crippen LogP contribution in [0.4, 0.5) is 18.9 Å². The lowest BCUT2D eigenvalue weighted by Crippen LogP contribution is -2.39. The van der Waals surface area contributed by atoms with Crippen molar-refractivity contribution < 1.29 is 22.8 Å². The molecular weight excluding hydrogens is 427 g/mol. The van der Waals surface area contributed by atoms with Crippen molar-refractivity contribution >= 4 is 29.3 Å². The second kappa shape index (κ2) is 10.7. The molecule has 1 heterocycles. The molecule has 5 nitrogen and oxygen atoms in total. The van der Waals surface area contributed by atoms with E-state index in [0.717, 1.165) is 37.8 Å². The van der Waals surface area contributed by atoms with Gasteiger partial charge in [-0.2, -0.15) is 0 Å². The van der Waals surface area contributed by atoms with Crippen molar-refractivity contribution in [2.24, 2.45) is 0 Å². The molecule has 0 unspecified atom stereocenters. The van der Waals surface area contributed by atoms with Gasteiger partial charge in [0.05, 0.1) is 11.3 Å². The summed E-state index contributed by atoms with van der Waals surface area (Å²) in [5, 5.41) is 3.26. The second-order valence-electron chi connectivity index (χ2n) is 7.38. The molecule has 2 aromatic rings. The Hall–Kier alpha value is -2.55. The van der Waals surface area contributed by atoms with Crippen molar-refractivity contribution in [2.75, 3.05) is 18.4 Å². The van der Waals surface area contributed by atoms with E-state index in [0.29, 0.717) is 28.8 Å². The van der Waals surface area contributed by atoms with Crippen LogP contribution in [0.2, 0.25) is 0 Å². The summed E-state index contributed by atoms with van der Waals surface area (Å²) >= 11 is 1.58. The number of amides is 2. The number of thioether (sulfide) groups is 1. The summed E-state index contributed by atoms with van der Waals surface area (Å²) in [6.45, 7) is 1.81. The van der Waals surface area contributed by atoms with Gasteiger partial charge in [-0.05, 0) is 43.5 Å². The molecule has 31 heavy (non-hydrogen) atoms. The van der Waals surface area contributed by atoms with Crippen molar-refractivity contribution in [3.63, 3.8) is 0 Å². The Morgan fingerprint density at radius 1 is 1.16 bits per heavy atom. The highest BCUT2D eigenvalue weighted by Crippen LogP contribution is 2.35. The average Bonchev–Trinajstić information content (AvgIpc) is 3.27. The third-order valence-electron chi connectivity index (χ3n) is 5.01. The zero-order chi connectivity index (χ0) is 22.4. The predicted molar refractivity (Wildman–Crippen MR) is 113 cm³/mol. The Labute approximate surface area is 183 Å². The van der Waals surface area contributed by atoms with Crippen LogP contribution in [0.5, 0.6) is 0 Å². The number of hydrogen-bond acceptors (Lipinski definition) is 4. The van der Waals surface area contributed by atoms with Crippen molar-refractivity contribution in [3.8, 4) is 0 Å². The highest BCUT2D eigenvalue weighted by Gasteiger charge is 2.25. The molecule has 3 rings (SSSR count). The van der Waals surface area contributed by atoms with Gasteiger partial charge in [0.15, 0.2) is 17.5 Å². The Morgan fingerprint density at radius 2 is 1.90 bits per heavy atom. The smallest absolute Gasteiger partial charge is 0.257 e. The van der Waals surface area contributed by atoms with E-state index in [9.17, 15) is 22.8 Å². The first-order chi connectivity index (χ1) is 14.9. The van der Waals surface area contributed by atoms with Gasteiger partial charge in [-0.3, -0.25) is 9.59 Å². The van der Waals surface area contributed by atoms with Crippen molar-refractivity contribution in [1.82, 2.24) is 9.88 Å². The summed E-state index contributed by atoms with van der Waals surface area (Å²) in [7, 11) is 0. The zero-order valence-corrected chi connectivity index (χ0v) is 18.0. The van der Waals surface area contributed by atoms with E-state index < -0.39 is 29.0 Å². The minimum absolute atomic E-state index is 0.301. The molecule has 9 heteroatoms. The monoisotopic (exact) mass is 451 g/mol. The number of pyridine rings is 1. The number of benzene rings is 1. The fourth-order valence-electron chi connectivity index (χ4n) is 3.49. The molecule has 1 aliphatic carbocycles. The van der Waals surface area contributed by atoms with Crippen molar-refractivity contribution in [3.05, 3.63) is 53.5 Å². The van der Waals surface area contributed by atoms with Crippen molar-refractivity contribution in [2.45, 2.75) is 49.3 Å². The van der Waals surface area contributed by atoms with Crippen molar-refractivity contribution in [1.29, 1.82) is 0 Å². The maximum absolute atomic E-state index is 13.9. The van der Waals surface area contributed by atoms with E-state index in [4.69, 9.17) is 0 Å². The minimum Gasteiger partial charge on any atom is -0.329 e. The first-order valence-corrected chi connectivity index (χ1v) is 11.1. The second-order valence-corrected chi connectivity index (χ2v) is 8.67. The van der Waals surface area contributed by atoms with Gasteiger partial charge in [0.1, 0.15) is 11.6 Å². The van der Waals surface area contributed by atoms with E-state index in [1.807, 2.05) is 6.92 Å². The first-order valence-electron chi connectivity index (χ1n) is 10.2. The summed E-state index contributed by atoms with van der Waals surface area (Å²) in [6.07, 6.45) is 6.72. The van der Waals surface area contributed by atoms with Crippen LogP contribution in [0.25, 0.3) is 0 Å². The number of nitrogens with zero attached hydrogens (tertiary/aromatic N) is 2. The molecule has 1 aromatic heterocycles. The molecule has 0 spiro atoms. The Balaban J connectivity index is 1.74. The Kier molecular flexibility index (Phi) is 7.95. The molecule has 1 N–H and O–H groups in total. The van der Waals surface area contributed by atoms with Crippen LogP contribution in [0, 0.1) is 17.5 Å². The van der Waals surface area contributed by atoms with Crippen LogP contribution in [-0.2, 0) is 4.79 Å². The number of nitrogens with one attached hydrogen (secondary N) is 1. The molecule has 166 valence electrons. The fourth-order valence-corrected chi connectivity index (χ4v) is 4.78. The van der Waals surface area contributed by atoms with Gasteiger partial charge < -0.3 is 10.2 Å². The molecule has 0 atom stereocenters. The number of hydrogen-bond donors (Lipinski definition) is 1. The molecule has 0 bridgehead atoms. The fraction of sp³-hybridized carbons (Fsp3) is 0.409. The van der Waals surface area contributed by atoms with E-state index >= 15 is 0 Å². The van der Waals surface area contributed by atoms with E-state index in [1.54, 1.807) is 30.1 Å². The zero-order valence-electron chi connectivity index (χ0n) is 17.2. The lowest BCUT2D eigenvalue weighted by atomic mass is 10.2. The third kappa shape index (κ3) is 5.78. The van der Waals surface area contributed by atoms with Crippen LogP contribution < -0.4 is 5.32 Å². The number of rotatable bonds is 8. The van der Waals surface area contributed by atoms with Gasteiger partial charge in [0.25, 0.3) is 5.91 Å². The Morgan fingerprint density at radius 3 is 2.61 bits per heavy atom. The predicted octanol–water partition coefficient (Wildman–Crippen LogP) is 5.02. The Bertz CT molecular complexity index is 952.